The van der Waals surface area contributed by atoms with Crippen LogP contribution in [-0.2, 0) is 4.74 Å². The van der Waals surface area contributed by atoms with Gasteiger partial charge in [-0.15, -0.1) is 0 Å². The summed E-state index contributed by atoms with van der Waals surface area (Å²) in [5.74, 6) is 0. The molecule has 2 atom stereocenters. The molecule has 1 aliphatic heterocycles. The van der Waals surface area contributed by atoms with Gasteiger partial charge in [-0.2, -0.15) is 5.26 Å². The summed E-state index contributed by atoms with van der Waals surface area (Å²) in [6, 6.07) is 2.91. The first-order chi connectivity index (χ1) is 5.83. The van der Waals surface area contributed by atoms with Gasteiger partial charge in [-0.25, -0.2) is 0 Å². The molecule has 1 rings (SSSR count). The minimum Gasteiger partial charge on any atom is -0.380 e. The number of hydrogen-bond donors (Lipinski definition) is 1. The van der Waals surface area contributed by atoms with Gasteiger partial charge in [0.15, 0.2) is 0 Å². The van der Waals surface area contributed by atoms with Gasteiger partial charge < -0.3 is 10.1 Å². The van der Waals surface area contributed by atoms with Gasteiger partial charge in [-0.1, -0.05) is 0 Å². The Morgan fingerprint density at radius 2 is 2.58 bits per heavy atom. The molecule has 0 amide bonds. The summed E-state index contributed by atoms with van der Waals surface area (Å²) >= 11 is 0. The Kier molecular flexibility index (Phi) is 4.06. The van der Waals surface area contributed by atoms with Gasteiger partial charge in [0.1, 0.15) is 0 Å². The molecule has 0 spiro atoms. The van der Waals surface area contributed by atoms with E-state index in [-0.39, 0.29) is 0 Å². The van der Waals surface area contributed by atoms with E-state index in [1.165, 1.54) is 6.42 Å². The van der Waals surface area contributed by atoms with Gasteiger partial charge in [0.2, 0.25) is 0 Å². The number of nitrogens with zero attached hydrogens (tertiary/aromatic N) is 1. The van der Waals surface area contributed by atoms with Crippen LogP contribution < -0.4 is 5.32 Å². The van der Waals surface area contributed by atoms with Crippen molar-refractivity contribution in [3.8, 4) is 6.07 Å². The van der Waals surface area contributed by atoms with Crippen molar-refractivity contribution in [1.82, 2.24) is 5.32 Å². The predicted molar refractivity (Wildman–Crippen MR) is 46.7 cm³/mol. The van der Waals surface area contributed by atoms with E-state index >= 15 is 0 Å². The van der Waals surface area contributed by atoms with E-state index < -0.39 is 0 Å². The van der Waals surface area contributed by atoms with Crippen LogP contribution >= 0.6 is 0 Å². The molecule has 3 nitrogen and oxygen atoms in total. The summed E-state index contributed by atoms with van der Waals surface area (Å²) in [5.41, 5.74) is 0. The van der Waals surface area contributed by atoms with E-state index in [4.69, 9.17) is 10.00 Å². The second-order valence-corrected chi connectivity index (χ2v) is 3.34. The van der Waals surface area contributed by atoms with E-state index in [0.29, 0.717) is 18.5 Å². The maximum atomic E-state index is 8.44. The first kappa shape index (κ1) is 9.50. The molecule has 12 heavy (non-hydrogen) atoms. The van der Waals surface area contributed by atoms with Gasteiger partial charge in [-0.05, 0) is 19.8 Å². The fraction of sp³-hybridized carbons (Fsp3) is 0.889. The highest BCUT2D eigenvalue weighted by Gasteiger charge is 2.15. The molecule has 1 fully saturated rings. The number of ether oxygens (including phenoxy) is 1. The average molecular weight is 168 g/mol. The molecule has 68 valence electrons. The molecule has 0 radical (unpaired) electrons. The van der Waals surface area contributed by atoms with E-state index in [2.05, 4.69) is 11.4 Å². The average Bonchev–Trinajstić information content (AvgIpc) is 2.06. The molecular formula is C9H16N2O. The topological polar surface area (TPSA) is 45.0 Å². The maximum absolute atomic E-state index is 8.44. The first-order valence-corrected chi connectivity index (χ1v) is 4.53. The van der Waals surface area contributed by atoms with Crippen LogP contribution in [0, 0.1) is 11.3 Å². The fourth-order valence-electron chi connectivity index (χ4n) is 1.47. The predicted octanol–water partition coefficient (Wildman–Crippen LogP) is 1.06. The molecule has 0 saturated carbocycles. The van der Waals surface area contributed by atoms with Crippen LogP contribution in [0.5, 0.6) is 0 Å². The highest BCUT2D eigenvalue weighted by Crippen LogP contribution is 2.07. The Balaban J connectivity index is 2.16. The minimum absolute atomic E-state index is 0.293. The highest BCUT2D eigenvalue weighted by molar-refractivity contribution is 4.81. The summed E-state index contributed by atoms with van der Waals surface area (Å²) in [5, 5.41) is 11.8. The van der Waals surface area contributed by atoms with Gasteiger partial charge in [0, 0.05) is 18.7 Å². The van der Waals surface area contributed by atoms with Gasteiger partial charge in [-0.3, -0.25) is 0 Å². The van der Waals surface area contributed by atoms with Crippen LogP contribution in [0.4, 0.5) is 0 Å². The van der Waals surface area contributed by atoms with Crippen molar-refractivity contribution in [3.05, 3.63) is 0 Å². The van der Waals surface area contributed by atoms with Crippen molar-refractivity contribution in [2.75, 3.05) is 13.2 Å². The third kappa shape index (κ3) is 3.21. The van der Waals surface area contributed by atoms with Crippen LogP contribution in [0.1, 0.15) is 26.2 Å². The molecule has 2 unspecified atom stereocenters. The monoisotopic (exact) mass is 168 g/mol. The Bertz CT molecular complexity index is 158. The molecule has 0 aromatic carbocycles. The van der Waals surface area contributed by atoms with Crippen molar-refractivity contribution < 1.29 is 4.74 Å². The van der Waals surface area contributed by atoms with Gasteiger partial charge >= 0.3 is 0 Å². The maximum Gasteiger partial charge on any atom is 0.0638 e. The Labute approximate surface area is 73.7 Å². The number of nitriles is 1. The lowest BCUT2D eigenvalue weighted by Crippen LogP contribution is -2.41. The second kappa shape index (κ2) is 5.13. The van der Waals surface area contributed by atoms with E-state index in [9.17, 15) is 0 Å². The van der Waals surface area contributed by atoms with Crippen molar-refractivity contribution in [2.45, 2.75) is 38.3 Å². The quantitative estimate of drug-likeness (QED) is 0.685. The molecule has 3 heteroatoms. The van der Waals surface area contributed by atoms with E-state index in [0.717, 1.165) is 19.6 Å². The summed E-state index contributed by atoms with van der Waals surface area (Å²) < 4.78 is 5.32. The van der Waals surface area contributed by atoms with Crippen molar-refractivity contribution >= 4 is 0 Å². The van der Waals surface area contributed by atoms with Crippen LogP contribution in [0.3, 0.4) is 0 Å². The minimum atomic E-state index is 0.293. The highest BCUT2D eigenvalue weighted by atomic mass is 16.5. The summed E-state index contributed by atoms with van der Waals surface area (Å²) in [6.07, 6.45) is 2.89. The van der Waals surface area contributed by atoms with E-state index in [1.807, 2.05) is 6.92 Å². The lowest BCUT2D eigenvalue weighted by atomic mass is 10.1. The Morgan fingerprint density at radius 1 is 1.75 bits per heavy atom. The number of rotatable bonds is 3. The summed E-state index contributed by atoms with van der Waals surface area (Å²) in [4.78, 5) is 0. The summed E-state index contributed by atoms with van der Waals surface area (Å²) in [6.45, 7) is 3.73. The zero-order chi connectivity index (χ0) is 8.81. The SMILES string of the molecule is CC(CC#N)NC1CCCOC1. The standard InChI is InChI=1S/C9H16N2O/c1-8(4-5-10)11-9-3-2-6-12-7-9/h8-9,11H,2-4,6-7H2,1H3. The molecule has 1 saturated heterocycles. The lowest BCUT2D eigenvalue weighted by Gasteiger charge is -2.25. The van der Waals surface area contributed by atoms with Crippen LogP contribution in [0.25, 0.3) is 0 Å². The zero-order valence-electron chi connectivity index (χ0n) is 7.55. The Morgan fingerprint density at radius 3 is 3.17 bits per heavy atom. The fourth-order valence-corrected chi connectivity index (χ4v) is 1.47. The van der Waals surface area contributed by atoms with Crippen LogP contribution in [-0.4, -0.2) is 25.3 Å². The molecular weight excluding hydrogens is 152 g/mol. The van der Waals surface area contributed by atoms with Crippen molar-refractivity contribution in [1.29, 1.82) is 5.26 Å². The van der Waals surface area contributed by atoms with Crippen molar-refractivity contribution in [3.63, 3.8) is 0 Å². The van der Waals surface area contributed by atoms with Crippen LogP contribution in [0.2, 0.25) is 0 Å². The molecule has 1 N–H and O–H groups in total. The molecule has 0 aliphatic carbocycles. The zero-order valence-corrected chi connectivity index (χ0v) is 7.55. The van der Waals surface area contributed by atoms with Crippen LogP contribution in [0.15, 0.2) is 0 Å². The molecule has 0 aromatic heterocycles. The van der Waals surface area contributed by atoms with Crippen molar-refractivity contribution in [2.24, 2.45) is 0 Å². The third-order valence-corrected chi connectivity index (χ3v) is 2.08. The Hall–Kier alpha value is -0.590. The second-order valence-electron chi connectivity index (χ2n) is 3.34. The largest absolute Gasteiger partial charge is 0.380 e. The van der Waals surface area contributed by atoms with Gasteiger partial charge in [0.25, 0.3) is 0 Å². The first-order valence-electron chi connectivity index (χ1n) is 4.53. The lowest BCUT2D eigenvalue weighted by molar-refractivity contribution is 0.0673. The molecule has 0 aromatic rings. The van der Waals surface area contributed by atoms with E-state index in [1.54, 1.807) is 0 Å². The number of nitrogens with one attached hydrogen (secondary N) is 1. The molecule has 1 aliphatic rings. The number of hydrogen-bond acceptors (Lipinski definition) is 3. The molecule has 1 heterocycles. The van der Waals surface area contributed by atoms with Gasteiger partial charge in [0.05, 0.1) is 19.1 Å². The molecule has 0 bridgehead atoms. The smallest absolute Gasteiger partial charge is 0.0638 e. The summed E-state index contributed by atoms with van der Waals surface area (Å²) in [7, 11) is 0. The normalized spacial score (nSPS) is 26.2. The third-order valence-electron chi connectivity index (χ3n) is 2.08.